The zero-order valence-electron chi connectivity index (χ0n) is 36.7. The van der Waals surface area contributed by atoms with Gasteiger partial charge in [-0.05, 0) is 57.8 Å². The third-order valence-electron chi connectivity index (χ3n) is 11.0. The molecule has 324 valence electrons. The van der Waals surface area contributed by atoms with Gasteiger partial charge in [-0.1, -0.05) is 205 Å². The highest BCUT2D eigenvalue weighted by atomic mass is 16.5. The predicted octanol–water partition coefficient (Wildman–Crippen LogP) is 14.0. The van der Waals surface area contributed by atoms with Crippen molar-refractivity contribution in [1.29, 1.82) is 0 Å². The van der Waals surface area contributed by atoms with Crippen molar-refractivity contribution in [3.63, 3.8) is 0 Å². The van der Waals surface area contributed by atoms with Gasteiger partial charge in [0.2, 0.25) is 5.91 Å². The predicted molar refractivity (Wildman–Crippen MR) is 236 cm³/mol. The molecule has 0 aliphatic heterocycles. The lowest BCUT2D eigenvalue weighted by molar-refractivity contribution is -0.143. The number of hydrogen-bond donors (Lipinski definition) is 3. The lowest BCUT2D eigenvalue weighted by atomic mass is 10.0. The summed E-state index contributed by atoms with van der Waals surface area (Å²) in [6.45, 7) is 4.81. The summed E-state index contributed by atoms with van der Waals surface area (Å²) in [4.78, 5) is 24.4. The van der Waals surface area contributed by atoms with Crippen molar-refractivity contribution in [1.82, 2.24) is 5.32 Å². The zero-order valence-corrected chi connectivity index (χ0v) is 36.7. The summed E-state index contributed by atoms with van der Waals surface area (Å²) in [7, 11) is 0. The lowest BCUT2D eigenvalue weighted by Gasteiger charge is -2.20. The summed E-state index contributed by atoms with van der Waals surface area (Å²) in [5, 5.41) is 23.0. The summed E-state index contributed by atoms with van der Waals surface area (Å²) < 4.78 is 5.42. The van der Waals surface area contributed by atoms with E-state index >= 15 is 0 Å². The fourth-order valence-corrected chi connectivity index (χ4v) is 7.21. The maximum Gasteiger partial charge on any atom is 0.305 e. The molecular formula is C49H93NO5. The topological polar surface area (TPSA) is 95.9 Å². The smallest absolute Gasteiger partial charge is 0.305 e. The number of ether oxygens (including phenoxy) is 1. The number of unbranched alkanes of at least 4 members (excludes halogenated alkanes) is 31. The Bertz CT molecular complexity index is 858. The first-order valence-corrected chi connectivity index (χ1v) is 24.1. The Morgan fingerprint density at radius 3 is 1.33 bits per heavy atom. The molecule has 0 radical (unpaired) electrons. The minimum absolute atomic E-state index is 0.0377. The highest BCUT2D eigenvalue weighted by Crippen LogP contribution is 2.15. The van der Waals surface area contributed by atoms with Crippen molar-refractivity contribution in [2.45, 2.75) is 264 Å². The van der Waals surface area contributed by atoms with Gasteiger partial charge >= 0.3 is 5.97 Å². The standard InChI is InChI=1S/C49H93NO5/c1-3-5-7-9-11-13-15-17-18-19-20-21-22-25-29-33-37-41-47(52)46(45-51)50-48(53)42-38-34-30-26-24-28-32-36-40-44-55-49(54)43-39-35-31-27-23-16-14-12-10-8-6-4-2/h12,14,37,41,46-47,51-52H,3-11,13,15-36,38-40,42-45H2,1-2H3,(H,50,53)/b14-12-,41-37+. The molecule has 0 bridgehead atoms. The van der Waals surface area contributed by atoms with Crippen LogP contribution in [0.3, 0.4) is 0 Å². The number of amides is 1. The highest BCUT2D eigenvalue weighted by molar-refractivity contribution is 5.76. The van der Waals surface area contributed by atoms with E-state index in [-0.39, 0.29) is 18.5 Å². The fourth-order valence-electron chi connectivity index (χ4n) is 7.21. The van der Waals surface area contributed by atoms with Crippen LogP contribution >= 0.6 is 0 Å². The summed E-state index contributed by atoms with van der Waals surface area (Å²) in [5.41, 5.74) is 0. The molecule has 0 fully saturated rings. The number of nitrogens with one attached hydrogen (secondary N) is 1. The lowest BCUT2D eigenvalue weighted by Crippen LogP contribution is -2.45. The molecule has 55 heavy (non-hydrogen) atoms. The van der Waals surface area contributed by atoms with Gasteiger partial charge < -0.3 is 20.3 Å². The zero-order chi connectivity index (χ0) is 40.1. The van der Waals surface area contributed by atoms with Crippen LogP contribution in [0, 0.1) is 0 Å². The van der Waals surface area contributed by atoms with Crippen LogP contribution in [-0.4, -0.2) is 47.4 Å². The second-order valence-corrected chi connectivity index (χ2v) is 16.4. The molecule has 0 aliphatic rings. The van der Waals surface area contributed by atoms with E-state index in [2.05, 4.69) is 31.3 Å². The van der Waals surface area contributed by atoms with Gasteiger partial charge in [-0.15, -0.1) is 0 Å². The van der Waals surface area contributed by atoms with Gasteiger partial charge in [-0.25, -0.2) is 0 Å². The molecule has 0 heterocycles. The summed E-state index contributed by atoms with van der Waals surface area (Å²) in [5.74, 6) is -0.133. The first-order chi connectivity index (χ1) is 27.0. The highest BCUT2D eigenvalue weighted by Gasteiger charge is 2.18. The molecule has 3 N–H and O–H groups in total. The average Bonchev–Trinajstić information content (AvgIpc) is 3.18. The molecule has 6 heteroatoms. The molecule has 0 aromatic heterocycles. The van der Waals surface area contributed by atoms with Crippen LogP contribution < -0.4 is 5.32 Å². The van der Waals surface area contributed by atoms with E-state index in [0.717, 1.165) is 57.8 Å². The van der Waals surface area contributed by atoms with Gasteiger partial charge in [0.25, 0.3) is 0 Å². The number of aliphatic hydroxyl groups excluding tert-OH is 2. The molecule has 0 aromatic rings. The molecule has 6 nitrogen and oxygen atoms in total. The van der Waals surface area contributed by atoms with Crippen molar-refractivity contribution in [2.24, 2.45) is 0 Å². The number of carbonyl (C=O) groups excluding carboxylic acids is 2. The minimum Gasteiger partial charge on any atom is -0.466 e. The molecular weight excluding hydrogens is 683 g/mol. The Morgan fingerprint density at radius 2 is 0.855 bits per heavy atom. The van der Waals surface area contributed by atoms with Crippen LogP contribution in [0.5, 0.6) is 0 Å². The molecule has 1 amide bonds. The molecule has 0 rings (SSSR count). The van der Waals surface area contributed by atoms with Gasteiger partial charge in [0, 0.05) is 12.8 Å². The second kappa shape index (κ2) is 45.0. The van der Waals surface area contributed by atoms with E-state index in [1.807, 2.05) is 6.08 Å². The maximum absolute atomic E-state index is 12.4. The first-order valence-electron chi connectivity index (χ1n) is 24.1. The molecule has 0 saturated heterocycles. The minimum atomic E-state index is -0.861. The van der Waals surface area contributed by atoms with Gasteiger partial charge in [-0.3, -0.25) is 9.59 Å². The molecule has 2 atom stereocenters. The normalized spacial score (nSPS) is 12.9. The van der Waals surface area contributed by atoms with Crippen LogP contribution in [0.25, 0.3) is 0 Å². The Hall–Kier alpha value is -1.66. The van der Waals surface area contributed by atoms with Crippen LogP contribution in [-0.2, 0) is 14.3 Å². The van der Waals surface area contributed by atoms with Crippen LogP contribution in [0.15, 0.2) is 24.3 Å². The van der Waals surface area contributed by atoms with E-state index in [0.29, 0.717) is 19.4 Å². The van der Waals surface area contributed by atoms with E-state index in [1.165, 1.54) is 167 Å². The van der Waals surface area contributed by atoms with Crippen LogP contribution in [0.1, 0.15) is 251 Å². The van der Waals surface area contributed by atoms with Crippen molar-refractivity contribution < 1.29 is 24.5 Å². The first kappa shape index (κ1) is 53.3. The van der Waals surface area contributed by atoms with E-state index in [4.69, 9.17) is 4.74 Å². The van der Waals surface area contributed by atoms with E-state index in [9.17, 15) is 19.8 Å². The Kier molecular flexibility index (Phi) is 43.7. The van der Waals surface area contributed by atoms with E-state index in [1.54, 1.807) is 6.08 Å². The number of aliphatic hydroxyl groups is 2. The Labute approximate surface area is 341 Å². The largest absolute Gasteiger partial charge is 0.466 e. The van der Waals surface area contributed by atoms with Gasteiger partial charge in [0.1, 0.15) is 0 Å². The van der Waals surface area contributed by atoms with Crippen molar-refractivity contribution >= 4 is 11.9 Å². The molecule has 0 aromatic carbocycles. The fraction of sp³-hybridized carbons (Fsp3) is 0.878. The Morgan fingerprint density at radius 1 is 0.491 bits per heavy atom. The summed E-state index contributed by atoms with van der Waals surface area (Å²) in [6, 6.07) is -0.647. The van der Waals surface area contributed by atoms with Gasteiger partial charge in [0.05, 0.1) is 25.4 Å². The number of hydrogen-bond acceptors (Lipinski definition) is 5. The monoisotopic (exact) mass is 776 g/mol. The SMILES string of the molecule is CCCCC/C=C\CCCCCCCC(=O)OCCCCCCCCCCCC(=O)NC(CO)C(O)/C=C/CCCCCCCCCCCCCCCCC. The van der Waals surface area contributed by atoms with E-state index < -0.39 is 12.1 Å². The quantitative estimate of drug-likeness (QED) is 0.0325. The number of esters is 1. The van der Waals surface area contributed by atoms with Gasteiger partial charge in [-0.2, -0.15) is 0 Å². The van der Waals surface area contributed by atoms with Crippen molar-refractivity contribution in [3.05, 3.63) is 24.3 Å². The number of rotatable bonds is 44. The summed E-state index contributed by atoms with van der Waals surface area (Å²) in [6.07, 6.45) is 51.6. The summed E-state index contributed by atoms with van der Waals surface area (Å²) >= 11 is 0. The average molecular weight is 776 g/mol. The Balaban J connectivity index is 3.55. The van der Waals surface area contributed by atoms with Crippen LogP contribution in [0.4, 0.5) is 0 Å². The molecule has 0 saturated carbocycles. The van der Waals surface area contributed by atoms with Crippen LogP contribution in [0.2, 0.25) is 0 Å². The third-order valence-corrected chi connectivity index (χ3v) is 11.0. The molecule has 2 unspecified atom stereocenters. The number of allylic oxidation sites excluding steroid dienone is 3. The van der Waals surface area contributed by atoms with Crippen molar-refractivity contribution in [2.75, 3.05) is 13.2 Å². The van der Waals surface area contributed by atoms with Gasteiger partial charge in [0.15, 0.2) is 0 Å². The second-order valence-electron chi connectivity index (χ2n) is 16.4. The maximum atomic E-state index is 12.4. The van der Waals surface area contributed by atoms with Crippen molar-refractivity contribution in [3.8, 4) is 0 Å². The molecule has 0 spiro atoms. The molecule has 0 aliphatic carbocycles. The third kappa shape index (κ3) is 41.8. The number of carbonyl (C=O) groups is 2.